The maximum absolute atomic E-state index is 13.5. The van der Waals surface area contributed by atoms with Gasteiger partial charge in [0.25, 0.3) is 5.91 Å². The zero-order valence-corrected chi connectivity index (χ0v) is 19.8. The Morgan fingerprint density at radius 3 is 2.56 bits per heavy atom. The lowest BCUT2D eigenvalue weighted by Gasteiger charge is -2.23. The summed E-state index contributed by atoms with van der Waals surface area (Å²) in [5.41, 5.74) is 1.99. The topological polar surface area (TPSA) is 96.9 Å². The summed E-state index contributed by atoms with van der Waals surface area (Å²) in [6.45, 7) is 4.44. The van der Waals surface area contributed by atoms with Gasteiger partial charge < -0.3 is 19.7 Å². The smallest absolute Gasteiger partial charge is 0.261 e. The van der Waals surface area contributed by atoms with Gasteiger partial charge in [0.2, 0.25) is 11.2 Å². The van der Waals surface area contributed by atoms with Crippen molar-refractivity contribution in [3.63, 3.8) is 0 Å². The molecule has 1 aliphatic rings. The van der Waals surface area contributed by atoms with Crippen LogP contribution in [0.5, 0.6) is 11.5 Å². The molecule has 0 atom stereocenters. The highest BCUT2D eigenvalue weighted by atomic mass is 35.5. The number of hydrogen-bond donors (Lipinski definition) is 1. The maximum Gasteiger partial charge on any atom is 0.261 e. The molecule has 2 heterocycles. The largest absolute Gasteiger partial charge is 0.490 e. The normalized spacial score (nSPS) is 12.5. The number of nitrogens with one attached hydrogen (secondary N) is 1. The van der Waals surface area contributed by atoms with Crippen molar-refractivity contribution in [2.45, 2.75) is 13.8 Å². The molecule has 34 heavy (non-hydrogen) atoms. The fraction of sp³-hybridized carbons (Fsp3) is 0.250. The van der Waals surface area contributed by atoms with Gasteiger partial charge in [-0.2, -0.15) is 4.98 Å². The standard InChI is InChI=1S/C24H24ClN5O4/c1-4-33-19-11-10-15(12-20(19)34-5-2)27-21(31)14-30-18-13-26-24(25)28-22(18)29(3)17-9-7-6-8-16(17)23(30)32/h6-13H,4-5,14H2,1-3H3,(H,27,31). The van der Waals surface area contributed by atoms with Gasteiger partial charge >= 0.3 is 0 Å². The van der Waals surface area contributed by atoms with E-state index in [1.807, 2.05) is 26.0 Å². The van der Waals surface area contributed by atoms with Crippen LogP contribution in [0.1, 0.15) is 24.2 Å². The number of carbonyl (C=O) groups is 2. The second-order valence-corrected chi connectivity index (χ2v) is 7.73. The van der Waals surface area contributed by atoms with Crippen LogP contribution in [-0.4, -0.2) is 48.6 Å². The predicted molar refractivity (Wildman–Crippen MR) is 131 cm³/mol. The number of halogens is 1. The van der Waals surface area contributed by atoms with Crippen molar-refractivity contribution in [3.05, 3.63) is 59.5 Å². The quantitative estimate of drug-likeness (QED) is 0.502. The molecule has 0 saturated carbocycles. The first kappa shape index (κ1) is 23.3. The third-order valence-corrected chi connectivity index (χ3v) is 5.38. The Morgan fingerprint density at radius 2 is 1.79 bits per heavy atom. The van der Waals surface area contributed by atoms with Crippen LogP contribution in [0, 0.1) is 0 Å². The number of anilines is 4. The summed E-state index contributed by atoms with van der Waals surface area (Å²) in [6.07, 6.45) is 1.45. The maximum atomic E-state index is 13.5. The zero-order valence-electron chi connectivity index (χ0n) is 19.0. The van der Waals surface area contributed by atoms with E-state index >= 15 is 0 Å². The second kappa shape index (κ2) is 9.96. The first-order chi connectivity index (χ1) is 16.4. The van der Waals surface area contributed by atoms with Gasteiger partial charge in [0.15, 0.2) is 17.3 Å². The molecule has 3 aromatic rings. The van der Waals surface area contributed by atoms with Crippen molar-refractivity contribution in [3.8, 4) is 11.5 Å². The summed E-state index contributed by atoms with van der Waals surface area (Å²) in [7, 11) is 1.78. The van der Waals surface area contributed by atoms with E-state index < -0.39 is 5.91 Å². The molecule has 0 fully saturated rings. The number of fused-ring (bicyclic) bond motifs is 2. The van der Waals surface area contributed by atoms with Crippen molar-refractivity contribution < 1.29 is 19.1 Å². The molecule has 0 unspecified atom stereocenters. The summed E-state index contributed by atoms with van der Waals surface area (Å²) >= 11 is 6.04. The molecule has 4 rings (SSSR count). The van der Waals surface area contributed by atoms with Crippen LogP contribution in [0.4, 0.5) is 22.9 Å². The van der Waals surface area contributed by atoms with Crippen LogP contribution in [0.3, 0.4) is 0 Å². The van der Waals surface area contributed by atoms with E-state index in [9.17, 15) is 9.59 Å². The fourth-order valence-electron chi connectivity index (χ4n) is 3.73. The lowest BCUT2D eigenvalue weighted by atomic mass is 10.1. The summed E-state index contributed by atoms with van der Waals surface area (Å²) in [5, 5.41) is 2.87. The number of ether oxygens (including phenoxy) is 2. The van der Waals surface area contributed by atoms with Crippen molar-refractivity contribution in [2.24, 2.45) is 0 Å². The summed E-state index contributed by atoms with van der Waals surface area (Å²) in [5.74, 6) is 0.794. The number of amides is 2. The molecule has 10 heteroatoms. The number of carbonyl (C=O) groups excluding carboxylic acids is 2. The Balaban J connectivity index is 1.64. The van der Waals surface area contributed by atoms with E-state index in [0.29, 0.717) is 53.2 Å². The number of hydrogen-bond acceptors (Lipinski definition) is 7. The van der Waals surface area contributed by atoms with Crippen LogP contribution < -0.4 is 24.6 Å². The number of aromatic nitrogens is 2. The van der Waals surface area contributed by atoms with E-state index in [1.54, 1.807) is 42.3 Å². The highest BCUT2D eigenvalue weighted by Crippen LogP contribution is 2.38. The molecular formula is C24H24ClN5O4. The highest BCUT2D eigenvalue weighted by molar-refractivity contribution is 6.28. The molecule has 0 radical (unpaired) electrons. The second-order valence-electron chi connectivity index (χ2n) is 7.39. The first-order valence-corrected chi connectivity index (χ1v) is 11.2. The monoisotopic (exact) mass is 481 g/mol. The van der Waals surface area contributed by atoms with Crippen molar-refractivity contribution in [1.29, 1.82) is 0 Å². The molecule has 2 aromatic carbocycles. The van der Waals surface area contributed by atoms with Crippen LogP contribution in [0.2, 0.25) is 5.28 Å². The Bertz CT molecular complexity index is 1240. The molecule has 9 nitrogen and oxygen atoms in total. The third-order valence-electron chi connectivity index (χ3n) is 5.20. The Hall–Kier alpha value is -3.85. The molecule has 1 N–H and O–H groups in total. The van der Waals surface area contributed by atoms with Crippen LogP contribution in [0.25, 0.3) is 0 Å². The summed E-state index contributed by atoms with van der Waals surface area (Å²) in [6, 6.07) is 12.3. The number of nitrogens with zero attached hydrogens (tertiary/aromatic N) is 4. The average molecular weight is 482 g/mol. The van der Waals surface area contributed by atoms with Gasteiger partial charge in [-0.3, -0.25) is 14.5 Å². The molecule has 2 amide bonds. The first-order valence-electron chi connectivity index (χ1n) is 10.8. The van der Waals surface area contributed by atoms with E-state index in [1.165, 1.54) is 11.1 Å². The van der Waals surface area contributed by atoms with Crippen molar-refractivity contribution in [1.82, 2.24) is 9.97 Å². The van der Waals surface area contributed by atoms with E-state index in [2.05, 4.69) is 15.3 Å². The number of benzene rings is 2. The third kappa shape index (κ3) is 4.60. The van der Waals surface area contributed by atoms with Gasteiger partial charge in [-0.1, -0.05) is 12.1 Å². The minimum absolute atomic E-state index is 0.0414. The van der Waals surface area contributed by atoms with Crippen molar-refractivity contribution >= 4 is 46.3 Å². The molecule has 0 spiro atoms. The molecule has 0 aliphatic carbocycles. The van der Waals surface area contributed by atoms with Crippen LogP contribution >= 0.6 is 11.6 Å². The van der Waals surface area contributed by atoms with Gasteiger partial charge in [-0.05, 0) is 49.7 Å². The van der Waals surface area contributed by atoms with Crippen molar-refractivity contribution in [2.75, 3.05) is 41.9 Å². The minimum Gasteiger partial charge on any atom is -0.490 e. The average Bonchev–Trinajstić information content (AvgIpc) is 2.91. The van der Waals surface area contributed by atoms with Crippen LogP contribution in [0.15, 0.2) is 48.7 Å². The fourth-order valence-corrected chi connectivity index (χ4v) is 3.86. The number of para-hydroxylation sites is 1. The summed E-state index contributed by atoms with van der Waals surface area (Å²) < 4.78 is 11.2. The molecule has 0 saturated heterocycles. The zero-order chi connectivity index (χ0) is 24.2. The van der Waals surface area contributed by atoms with E-state index in [4.69, 9.17) is 21.1 Å². The molecular weight excluding hydrogens is 458 g/mol. The van der Waals surface area contributed by atoms with Gasteiger partial charge in [-0.25, -0.2) is 4.98 Å². The number of rotatable bonds is 7. The van der Waals surface area contributed by atoms with Gasteiger partial charge in [-0.15, -0.1) is 0 Å². The van der Waals surface area contributed by atoms with E-state index in [-0.39, 0.29) is 17.7 Å². The van der Waals surface area contributed by atoms with Crippen LogP contribution in [-0.2, 0) is 4.79 Å². The molecule has 1 aromatic heterocycles. The van der Waals surface area contributed by atoms with E-state index in [0.717, 1.165) is 0 Å². The molecule has 0 bridgehead atoms. The minimum atomic E-state index is -0.400. The Kier molecular flexibility index (Phi) is 6.83. The van der Waals surface area contributed by atoms with Gasteiger partial charge in [0.1, 0.15) is 12.2 Å². The van der Waals surface area contributed by atoms with Gasteiger partial charge in [0.05, 0.1) is 30.7 Å². The highest BCUT2D eigenvalue weighted by Gasteiger charge is 2.32. The predicted octanol–water partition coefficient (Wildman–Crippen LogP) is 4.29. The van der Waals surface area contributed by atoms with Gasteiger partial charge in [0, 0.05) is 18.8 Å². The molecule has 1 aliphatic heterocycles. The summed E-state index contributed by atoms with van der Waals surface area (Å²) in [4.78, 5) is 38.0. The molecule has 176 valence electrons. The Labute approximate surface area is 202 Å². The SMILES string of the molecule is CCOc1ccc(NC(=O)CN2C(=O)c3ccccc3N(C)c3nc(Cl)ncc32)cc1OCC. The Morgan fingerprint density at radius 1 is 1.06 bits per heavy atom. The lowest BCUT2D eigenvalue weighted by molar-refractivity contribution is -0.114. The lowest BCUT2D eigenvalue weighted by Crippen LogP contribution is -2.38.